The van der Waals surface area contributed by atoms with Gasteiger partial charge in [0.25, 0.3) is 0 Å². The lowest BCUT2D eigenvalue weighted by Crippen LogP contribution is -2.92. The van der Waals surface area contributed by atoms with Crippen molar-refractivity contribution in [2.24, 2.45) is 11.8 Å². The Morgan fingerprint density at radius 2 is 1.09 bits per heavy atom. The van der Waals surface area contributed by atoms with E-state index in [0.717, 1.165) is 10.0 Å². The van der Waals surface area contributed by atoms with Crippen LogP contribution in [0, 0.1) is 11.8 Å². The molecule has 3 rings (SSSR count). The molecule has 2 aromatic rings. The molecule has 1 fully saturated rings. The summed E-state index contributed by atoms with van der Waals surface area (Å²) in [6, 6.07) is 16.3. The molecule has 23 heavy (non-hydrogen) atoms. The molecular weight excluding hydrogens is 329 g/mol. The third-order valence-electron chi connectivity index (χ3n) is 5.13. The van der Waals surface area contributed by atoms with Gasteiger partial charge in [0.2, 0.25) is 0 Å². The maximum atomic E-state index is 10.7. The van der Waals surface area contributed by atoms with Crippen LogP contribution in [0.4, 0.5) is 0 Å². The Labute approximate surface area is 147 Å². The predicted octanol–water partition coefficient (Wildman–Crippen LogP) is 3.99. The third-order valence-corrected chi connectivity index (χ3v) is 5.64. The lowest BCUT2D eigenvalue weighted by molar-refractivity contribution is -0.760. The molecule has 2 nitrogen and oxygen atoms in total. The minimum Gasteiger partial charge on any atom is -0.392 e. The average molecular weight is 351 g/mol. The molecule has 2 aromatic carbocycles. The van der Waals surface area contributed by atoms with Crippen LogP contribution in [-0.2, 0) is 0 Å². The number of rotatable bonds is 2. The first-order valence-electron chi connectivity index (χ1n) is 8.01. The first-order valence-corrected chi connectivity index (χ1v) is 8.77. The van der Waals surface area contributed by atoms with Gasteiger partial charge in [0, 0.05) is 33.0 Å². The van der Waals surface area contributed by atoms with Gasteiger partial charge in [-0.15, -0.1) is 0 Å². The summed E-state index contributed by atoms with van der Waals surface area (Å²) in [5.41, 5.74) is 2.40. The Morgan fingerprint density at radius 3 is 1.43 bits per heavy atom. The number of halogens is 2. The Kier molecular flexibility index (Phi) is 4.98. The zero-order valence-corrected chi connectivity index (χ0v) is 14.8. The molecule has 1 aliphatic heterocycles. The number of benzene rings is 2. The molecule has 122 valence electrons. The van der Waals surface area contributed by atoms with Gasteiger partial charge in [0.1, 0.15) is 12.1 Å². The molecule has 0 saturated carbocycles. The van der Waals surface area contributed by atoms with Crippen LogP contribution in [0.5, 0.6) is 0 Å². The van der Waals surface area contributed by atoms with E-state index in [0.29, 0.717) is 0 Å². The van der Waals surface area contributed by atoms with Gasteiger partial charge < -0.3 is 10.4 Å². The van der Waals surface area contributed by atoms with E-state index in [1.807, 2.05) is 24.3 Å². The van der Waals surface area contributed by atoms with Gasteiger partial charge >= 0.3 is 0 Å². The molecule has 4 heteroatoms. The molecule has 0 radical (unpaired) electrons. The minimum absolute atomic E-state index is 0.176. The van der Waals surface area contributed by atoms with Crippen molar-refractivity contribution in [1.82, 2.24) is 0 Å². The van der Waals surface area contributed by atoms with Crippen molar-refractivity contribution in [3.63, 3.8) is 0 Å². The number of aliphatic hydroxyl groups is 1. The van der Waals surface area contributed by atoms with Crippen molar-refractivity contribution in [3.8, 4) is 0 Å². The van der Waals surface area contributed by atoms with Crippen molar-refractivity contribution in [1.29, 1.82) is 0 Å². The monoisotopic (exact) mass is 350 g/mol. The molecule has 0 aromatic heterocycles. The van der Waals surface area contributed by atoms with Crippen LogP contribution in [0.1, 0.15) is 37.1 Å². The van der Waals surface area contributed by atoms with Crippen LogP contribution in [0.2, 0.25) is 10.0 Å². The van der Waals surface area contributed by atoms with E-state index in [4.69, 9.17) is 23.2 Å². The number of hydrogen-bond acceptors (Lipinski definition) is 1. The van der Waals surface area contributed by atoms with E-state index in [-0.39, 0.29) is 30.0 Å². The van der Waals surface area contributed by atoms with Crippen LogP contribution in [0.15, 0.2) is 48.5 Å². The zero-order valence-electron chi connectivity index (χ0n) is 13.3. The number of quaternary nitrogens is 1. The Balaban J connectivity index is 1.92. The summed E-state index contributed by atoms with van der Waals surface area (Å²) in [6.45, 7) is 4.24. The van der Waals surface area contributed by atoms with Gasteiger partial charge in [-0.05, 0) is 24.3 Å². The lowest BCUT2D eigenvalue weighted by Gasteiger charge is -2.41. The van der Waals surface area contributed by atoms with Crippen LogP contribution in [0.3, 0.4) is 0 Å². The predicted molar refractivity (Wildman–Crippen MR) is 94.6 cm³/mol. The second kappa shape index (κ2) is 6.82. The van der Waals surface area contributed by atoms with Crippen LogP contribution in [0.25, 0.3) is 0 Å². The molecule has 3 N–H and O–H groups in total. The van der Waals surface area contributed by atoms with E-state index in [1.165, 1.54) is 11.1 Å². The first-order chi connectivity index (χ1) is 11.0. The SMILES string of the molecule is C[C@@H]1C(O)[C@H](C)[C@H](c2ccc(Cl)cc2)[NH2+][C@@H]1c1ccc(Cl)cc1. The highest BCUT2D eigenvalue weighted by Gasteiger charge is 2.43. The van der Waals surface area contributed by atoms with Gasteiger partial charge in [-0.2, -0.15) is 0 Å². The van der Waals surface area contributed by atoms with Gasteiger partial charge in [-0.3, -0.25) is 0 Å². The molecule has 0 spiro atoms. The van der Waals surface area contributed by atoms with E-state index >= 15 is 0 Å². The van der Waals surface area contributed by atoms with Crippen molar-refractivity contribution >= 4 is 23.2 Å². The van der Waals surface area contributed by atoms with E-state index in [1.54, 1.807) is 0 Å². The van der Waals surface area contributed by atoms with E-state index in [2.05, 4.69) is 43.4 Å². The number of nitrogens with two attached hydrogens (primary N) is 1. The van der Waals surface area contributed by atoms with Crippen molar-refractivity contribution in [2.75, 3.05) is 0 Å². The molecule has 1 heterocycles. The molecule has 0 amide bonds. The smallest absolute Gasteiger partial charge is 0.117 e. The zero-order chi connectivity index (χ0) is 16.6. The maximum absolute atomic E-state index is 10.7. The van der Waals surface area contributed by atoms with Gasteiger partial charge in [0.05, 0.1) is 6.10 Å². The summed E-state index contributed by atoms with van der Waals surface area (Å²) in [4.78, 5) is 0. The largest absolute Gasteiger partial charge is 0.392 e. The second-order valence-electron chi connectivity index (χ2n) is 6.56. The topological polar surface area (TPSA) is 36.8 Å². The number of aliphatic hydroxyl groups excluding tert-OH is 1. The lowest BCUT2D eigenvalue weighted by atomic mass is 9.75. The average Bonchev–Trinajstić information content (AvgIpc) is 2.55. The third kappa shape index (κ3) is 3.41. The Hall–Kier alpha value is -1.06. The Morgan fingerprint density at radius 1 is 0.739 bits per heavy atom. The normalized spacial score (nSPS) is 31.1. The standard InChI is InChI=1S/C19H21Cl2NO/c1-11-17(13-3-7-15(20)8-4-13)22-18(12(2)19(11)23)14-5-9-16(21)10-6-14/h3-12,17-19,22-23H,1-2H3/p+1/t11-,12+,17-,18+,19?. The quantitative estimate of drug-likeness (QED) is 0.844. The highest BCUT2D eigenvalue weighted by molar-refractivity contribution is 6.30. The van der Waals surface area contributed by atoms with Crippen LogP contribution in [-0.4, -0.2) is 11.2 Å². The summed E-state index contributed by atoms with van der Waals surface area (Å²) >= 11 is 12.0. The highest BCUT2D eigenvalue weighted by Crippen LogP contribution is 2.35. The summed E-state index contributed by atoms with van der Waals surface area (Å²) < 4.78 is 0. The van der Waals surface area contributed by atoms with E-state index < -0.39 is 0 Å². The second-order valence-corrected chi connectivity index (χ2v) is 7.43. The van der Waals surface area contributed by atoms with Crippen LogP contribution >= 0.6 is 23.2 Å². The fourth-order valence-corrected chi connectivity index (χ4v) is 3.93. The summed E-state index contributed by atoms with van der Waals surface area (Å²) in [5, 5.41) is 14.6. The number of hydrogen-bond donors (Lipinski definition) is 2. The summed E-state index contributed by atoms with van der Waals surface area (Å²) in [6.07, 6.45) is -0.346. The first kappa shape index (κ1) is 16.8. The van der Waals surface area contributed by atoms with Crippen molar-refractivity contribution in [2.45, 2.75) is 32.0 Å². The van der Waals surface area contributed by atoms with Crippen LogP contribution < -0.4 is 5.32 Å². The molecule has 1 saturated heterocycles. The minimum atomic E-state index is -0.346. The molecular formula is C19H22Cl2NO+. The summed E-state index contributed by atoms with van der Waals surface area (Å²) in [7, 11) is 0. The Bertz CT molecular complexity index is 599. The molecule has 5 atom stereocenters. The fourth-order valence-electron chi connectivity index (χ4n) is 3.68. The van der Waals surface area contributed by atoms with Gasteiger partial charge in [-0.1, -0.05) is 61.3 Å². The fraction of sp³-hybridized carbons (Fsp3) is 0.368. The van der Waals surface area contributed by atoms with E-state index in [9.17, 15) is 5.11 Å². The molecule has 1 aliphatic rings. The van der Waals surface area contributed by atoms with Gasteiger partial charge in [0.15, 0.2) is 0 Å². The van der Waals surface area contributed by atoms with Gasteiger partial charge in [-0.25, -0.2) is 0 Å². The molecule has 0 aliphatic carbocycles. The molecule has 0 bridgehead atoms. The van der Waals surface area contributed by atoms with Crippen molar-refractivity contribution < 1.29 is 10.4 Å². The number of piperidine rings is 1. The highest BCUT2D eigenvalue weighted by atomic mass is 35.5. The molecule has 1 unspecified atom stereocenters. The maximum Gasteiger partial charge on any atom is 0.117 e. The summed E-state index contributed by atoms with van der Waals surface area (Å²) in [5.74, 6) is 0.351. The van der Waals surface area contributed by atoms with Crippen molar-refractivity contribution in [3.05, 3.63) is 69.7 Å².